The van der Waals surface area contributed by atoms with E-state index in [0.717, 1.165) is 12.1 Å². The first-order chi connectivity index (χ1) is 11.4. The van der Waals surface area contributed by atoms with Crippen molar-refractivity contribution in [2.75, 3.05) is 0 Å². The van der Waals surface area contributed by atoms with Crippen molar-refractivity contribution in [3.05, 3.63) is 74.1 Å². The predicted octanol–water partition coefficient (Wildman–Crippen LogP) is 5.00. The molecular formula is C17H10Cl2F2N2O. The summed E-state index contributed by atoms with van der Waals surface area (Å²) in [4.78, 5) is 12.3. The van der Waals surface area contributed by atoms with Gasteiger partial charge < -0.3 is 0 Å². The van der Waals surface area contributed by atoms with Gasteiger partial charge in [-0.1, -0.05) is 35.3 Å². The molecule has 0 aliphatic heterocycles. The Morgan fingerprint density at radius 1 is 0.958 bits per heavy atom. The molecule has 0 radical (unpaired) electrons. The van der Waals surface area contributed by atoms with Crippen LogP contribution >= 0.6 is 23.2 Å². The monoisotopic (exact) mass is 366 g/mol. The number of aryl methyl sites for hydroxylation is 1. The number of hydrogen-bond donors (Lipinski definition) is 1. The molecule has 0 bridgehead atoms. The summed E-state index contributed by atoms with van der Waals surface area (Å²) in [7, 11) is 0. The molecule has 24 heavy (non-hydrogen) atoms. The lowest BCUT2D eigenvalue weighted by atomic mass is 9.94. The van der Waals surface area contributed by atoms with Crippen molar-refractivity contribution in [2.24, 2.45) is 0 Å². The van der Waals surface area contributed by atoms with Crippen LogP contribution in [0.15, 0.2) is 41.2 Å². The lowest BCUT2D eigenvalue weighted by Gasteiger charge is -2.13. The van der Waals surface area contributed by atoms with Gasteiger partial charge in [-0.2, -0.15) is 5.10 Å². The van der Waals surface area contributed by atoms with Crippen molar-refractivity contribution in [2.45, 2.75) is 6.92 Å². The van der Waals surface area contributed by atoms with E-state index in [-0.39, 0.29) is 10.6 Å². The fourth-order valence-corrected chi connectivity index (χ4v) is 2.79. The normalized spacial score (nSPS) is 10.9. The summed E-state index contributed by atoms with van der Waals surface area (Å²) in [6.07, 6.45) is 0. The minimum Gasteiger partial charge on any atom is -0.267 e. The van der Waals surface area contributed by atoms with Crippen LogP contribution in [0.4, 0.5) is 8.78 Å². The molecule has 0 amide bonds. The van der Waals surface area contributed by atoms with Crippen LogP contribution in [-0.4, -0.2) is 10.2 Å². The first-order valence-corrected chi connectivity index (χ1v) is 7.65. The van der Waals surface area contributed by atoms with Gasteiger partial charge in [0, 0.05) is 10.6 Å². The second-order valence-corrected chi connectivity index (χ2v) is 5.96. The zero-order chi connectivity index (χ0) is 17.4. The van der Waals surface area contributed by atoms with Gasteiger partial charge in [0.15, 0.2) is 5.82 Å². The molecule has 0 spiro atoms. The molecule has 0 saturated heterocycles. The average Bonchev–Trinajstić information content (AvgIpc) is 2.56. The van der Waals surface area contributed by atoms with Crippen LogP contribution in [0.2, 0.25) is 10.0 Å². The van der Waals surface area contributed by atoms with Gasteiger partial charge in [0.25, 0.3) is 5.56 Å². The van der Waals surface area contributed by atoms with Crippen molar-refractivity contribution >= 4 is 23.2 Å². The largest absolute Gasteiger partial charge is 0.272 e. The predicted molar refractivity (Wildman–Crippen MR) is 90.4 cm³/mol. The van der Waals surface area contributed by atoms with Crippen LogP contribution in [-0.2, 0) is 0 Å². The Labute approximate surface area is 145 Å². The number of H-pyrrole nitrogens is 1. The van der Waals surface area contributed by atoms with E-state index in [4.69, 9.17) is 23.2 Å². The van der Waals surface area contributed by atoms with Gasteiger partial charge in [-0.15, -0.1) is 0 Å². The summed E-state index contributed by atoms with van der Waals surface area (Å²) in [6.45, 7) is 1.63. The number of nitrogens with zero attached hydrogens (tertiary/aromatic N) is 1. The maximum atomic E-state index is 14.5. The van der Waals surface area contributed by atoms with Crippen molar-refractivity contribution < 1.29 is 8.78 Å². The molecule has 1 aromatic heterocycles. The lowest BCUT2D eigenvalue weighted by molar-refractivity contribution is 0.589. The fourth-order valence-electron chi connectivity index (χ4n) is 2.51. The highest BCUT2D eigenvalue weighted by atomic mass is 35.5. The smallest absolute Gasteiger partial charge is 0.267 e. The van der Waals surface area contributed by atoms with Crippen LogP contribution in [0.25, 0.3) is 22.3 Å². The Morgan fingerprint density at radius 2 is 1.62 bits per heavy atom. The Morgan fingerprint density at radius 3 is 2.29 bits per heavy atom. The Hall–Kier alpha value is -2.24. The standard InChI is InChI=1S/C17H10Cl2F2N2O/c1-8-13(9-2-4-10(18)5-3-9)15(17(24)23-22-8)14-12(20)7-6-11(19)16(14)21/h2-7H,1H3,(H,23,24). The van der Waals surface area contributed by atoms with E-state index in [1.54, 1.807) is 31.2 Å². The van der Waals surface area contributed by atoms with E-state index in [1.807, 2.05) is 0 Å². The number of rotatable bonds is 2. The fraction of sp³-hybridized carbons (Fsp3) is 0.0588. The first-order valence-electron chi connectivity index (χ1n) is 6.89. The molecule has 1 N–H and O–H groups in total. The minimum absolute atomic E-state index is 0.165. The molecule has 2 aromatic carbocycles. The van der Waals surface area contributed by atoms with Crippen molar-refractivity contribution in [3.8, 4) is 22.3 Å². The molecular weight excluding hydrogens is 357 g/mol. The van der Waals surface area contributed by atoms with E-state index in [2.05, 4.69) is 10.2 Å². The molecule has 3 aromatic rings. The highest BCUT2D eigenvalue weighted by Gasteiger charge is 2.23. The van der Waals surface area contributed by atoms with Gasteiger partial charge in [-0.3, -0.25) is 4.79 Å². The third-order valence-corrected chi connectivity index (χ3v) is 4.13. The number of aromatic nitrogens is 2. The Kier molecular flexibility index (Phi) is 4.39. The summed E-state index contributed by atoms with van der Waals surface area (Å²) in [5.74, 6) is -1.88. The van der Waals surface area contributed by atoms with E-state index in [0.29, 0.717) is 21.8 Å². The zero-order valence-corrected chi connectivity index (χ0v) is 13.8. The summed E-state index contributed by atoms with van der Waals surface area (Å²) in [5.41, 5.74) is -0.0856. The highest BCUT2D eigenvalue weighted by molar-refractivity contribution is 6.31. The van der Waals surface area contributed by atoms with Crippen molar-refractivity contribution in [1.82, 2.24) is 10.2 Å². The van der Waals surface area contributed by atoms with Gasteiger partial charge >= 0.3 is 0 Å². The van der Waals surface area contributed by atoms with Gasteiger partial charge in [-0.25, -0.2) is 13.9 Å². The summed E-state index contributed by atoms with van der Waals surface area (Å²) >= 11 is 11.6. The molecule has 0 saturated carbocycles. The van der Waals surface area contributed by atoms with Crippen LogP contribution in [0.3, 0.4) is 0 Å². The molecule has 1 heterocycles. The SMILES string of the molecule is Cc1n[nH]c(=O)c(-c2c(F)ccc(Cl)c2F)c1-c1ccc(Cl)cc1. The molecule has 122 valence electrons. The quantitative estimate of drug-likeness (QED) is 0.648. The molecule has 3 nitrogen and oxygen atoms in total. The average molecular weight is 367 g/mol. The number of benzene rings is 2. The highest BCUT2D eigenvalue weighted by Crippen LogP contribution is 2.36. The molecule has 0 fully saturated rings. The second kappa shape index (κ2) is 6.34. The molecule has 0 aliphatic rings. The van der Waals surface area contributed by atoms with Crippen molar-refractivity contribution in [1.29, 1.82) is 0 Å². The molecule has 7 heteroatoms. The van der Waals surface area contributed by atoms with Crippen molar-refractivity contribution in [3.63, 3.8) is 0 Å². The Bertz CT molecular complexity index is 985. The molecule has 0 unspecified atom stereocenters. The molecule has 3 rings (SSSR count). The third-order valence-electron chi connectivity index (χ3n) is 3.59. The van der Waals surface area contributed by atoms with E-state index < -0.39 is 22.8 Å². The number of nitrogens with one attached hydrogen (secondary N) is 1. The number of aromatic amines is 1. The summed E-state index contributed by atoms with van der Waals surface area (Å²) in [5, 5.41) is 6.37. The van der Waals surface area contributed by atoms with Gasteiger partial charge in [0.05, 0.1) is 21.8 Å². The van der Waals surface area contributed by atoms with E-state index in [1.165, 1.54) is 0 Å². The van der Waals surface area contributed by atoms with Gasteiger partial charge in [0.1, 0.15) is 5.82 Å². The first kappa shape index (κ1) is 16.6. The minimum atomic E-state index is -0.997. The number of halogens is 4. The Balaban J connectivity index is 2.42. The van der Waals surface area contributed by atoms with Gasteiger partial charge in [-0.05, 0) is 36.8 Å². The molecule has 0 atom stereocenters. The maximum absolute atomic E-state index is 14.5. The lowest BCUT2D eigenvalue weighted by Crippen LogP contribution is -2.16. The maximum Gasteiger partial charge on any atom is 0.272 e. The van der Waals surface area contributed by atoms with Crippen LogP contribution in [0.5, 0.6) is 0 Å². The topological polar surface area (TPSA) is 45.8 Å². The van der Waals surface area contributed by atoms with Crippen LogP contribution < -0.4 is 5.56 Å². The van der Waals surface area contributed by atoms with Crippen LogP contribution in [0.1, 0.15) is 5.69 Å². The van der Waals surface area contributed by atoms with E-state index in [9.17, 15) is 13.6 Å². The van der Waals surface area contributed by atoms with E-state index >= 15 is 0 Å². The van der Waals surface area contributed by atoms with Gasteiger partial charge in [0.2, 0.25) is 0 Å². The molecule has 0 aliphatic carbocycles. The second-order valence-electron chi connectivity index (χ2n) is 5.11. The third kappa shape index (κ3) is 2.81. The summed E-state index contributed by atoms with van der Waals surface area (Å²) in [6, 6.07) is 8.64. The zero-order valence-electron chi connectivity index (χ0n) is 12.3. The summed E-state index contributed by atoms with van der Waals surface area (Å²) < 4.78 is 28.7. The van der Waals surface area contributed by atoms with Crippen LogP contribution in [0, 0.1) is 18.6 Å². The number of hydrogen-bond acceptors (Lipinski definition) is 2.